The summed E-state index contributed by atoms with van der Waals surface area (Å²) in [7, 11) is -3.97. The summed E-state index contributed by atoms with van der Waals surface area (Å²) >= 11 is 5.72. The topological polar surface area (TPSA) is 75.3 Å². The van der Waals surface area contributed by atoms with Crippen LogP contribution in [0.5, 0.6) is 0 Å². The molecule has 2 aromatic carbocycles. The number of hydrogen-bond donors (Lipinski definition) is 2. The molecule has 0 spiro atoms. The lowest BCUT2D eigenvalue weighted by atomic mass is 10.0. The molecule has 2 rings (SSSR count). The molecule has 2 N–H and O–H groups in total. The van der Waals surface area contributed by atoms with Crippen LogP contribution in [0.2, 0.25) is 5.02 Å². The first-order valence-corrected chi connectivity index (χ1v) is 10.0. The van der Waals surface area contributed by atoms with Gasteiger partial charge in [0.1, 0.15) is 0 Å². The molecular formula is C18H18ClF3N2O3S. The first-order valence-electron chi connectivity index (χ1n) is 8.15. The van der Waals surface area contributed by atoms with Crippen LogP contribution >= 0.6 is 11.6 Å². The highest BCUT2D eigenvalue weighted by Gasteiger charge is 2.31. The molecule has 0 aliphatic carbocycles. The van der Waals surface area contributed by atoms with Crippen LogP contribution < -0.4 is 10.0 Å². The Kier molecular flexibility index (Phi) is 6.74. The van der Waals surface area contributed by atoms with Crippen molar-refractivity contribution in [1.29, 1.82) is 0 Å². The maximum Gasteiger partial charge on any atom is 0.416 e. The molecule has 0 aliphatic rings. The van der Waals surface area contributed by atoms with Crippen molar-refractivity contribution < 1.29 is 26.4 Å². The zero-order valence-corrected chi connectivity index (χ0v) is 16.5. The molecule has 2 unspecified atom stereocenters. The van der Waals surface area contributed by atoms with Crippen molar-refractivity contribution in [3.63, 3.8) is 0 Å². The van der Waals surface area contributed by atoms with Crippen LogP contribution in [-0.2, 0) is 21.0 Å². The Labute approximate surface area is 166 Å². The number of amides is 1. The monoisotopic (exact) mass is 434 g/mol. The largest absolute Gasteiger partial charge is 0.416 e. The quantitative estimate of drug-likeness (QED) is 0.724. The van der Waals surface area contributed by atoms with Crippen LogP contribution in [0, 0.1) is 0 Å². The normalized spacial score (nSPS) is 14.4. The Morgan fingerprint density at radius 3 is 2.25 bits per heavy atom. The third-order valence-corrected chi connectivity index (χ3v) is 5.73. The summed E-state index contributed by atoms with van der Waals surface area (Å²) in [6.07, 6.45) is -4.50. The van der Waals surface area contributed by atoms with Gasteiger partial charge in [-0.3, -0.25) is 4.79 Å². The van der Waals surface area contributed by atoms with Gasteiger partial charge >= 0.3 is 6.18 Å². The maximum atomic E-state index is 12.8. The number of carbonyl (C=O) groups is 1. The second-order valence-electron chi connectivity index (χ2n) is 6.15. The Balaban J connectivity index is 2.06. The van der Waals surface area contributed by atoms with Gasteiger partial charge in [-0.15, -0.1) is 0 Å². The van der Waals surface area contributed by atoms with Gasteiger partial charge < -0.3 is 5.32 Å². The smallest absolute Gasteiger partial charge is 0.348 e. The lowest BCUT2D eigenvalue weighted by Gasteiger charge is -2.20. The van der Waals surface area contributed by atoms with E-state index in [1.807, 2.05) is 0 Å². The molecule has 0 saturated heterocycles. The van der Waals surface area contributed by atoms with Gasteiger partial charge in [0.2, 0.25) is 15.9 Å². The van der Waals surface area contributed by atoms with Crippen molar-refractivity contribution in [2.45, 2.75) is 37.0 Å². The number of rotatable bonds is 6. The zero-order chi connectivity index (χ0) is 21.1. The first kappa shape index (κ1) is 22.2. The maximum absolute atomic E-state index is 12.8. The molecule has 0 bridgehead atoms. The Bertz CT molecular complexity index is 947. The summed E-state index contributed by atoms with van der Waals surface area (Å²) in [4.78, 5) is 12.2. The molecule has 5 nitrogen and oxygen atoms in total. The van der Waals surface area contributed by atoms with Crippen LogP contribution in [0.1, 0.15) is 31.0 Å². The van der Waals surface area contributed by atoms with Gasteiger partial charge in [0.15, 0.2) is 0 Å². The number of hydrogen-bond acceptors (Lipinski definition) is 3. The zero-order valence-electron chi connectivity index (χ0n) is 14.9. The lowest BCUT2D eigenvalue weighted by molar-refractivity contribution is -0.137. The molecule has 10 heteroatoms. The molecule has 0 radical (unpaired) electrons. The number of alkyl halides is 3. The Morgan fingerprint density at radius 2 is 1.68 bits per heavy atom. The van der Waals surface area contributed by atoms with Crippen LogP contribution in [0.15, 0.2) is 53.4 Å². The van der Waals surface area contributed by atoms with E-state index >= 15 is 0 Å². The Morgan fingerprint density at radius 1 is 1.07 bits per heavy atom. The predicted octanol–water partition coefficient (Wildman–Crippen LogP) is 3.90. The van der Waals surface area contributed by atoms with E-state index in [4.69, 9.17) is 11.6 Å². The third kappa shape index (κ3) is 5.70. The summed E-state index contributed by atoms with van der Waals surface area (Å²) in [5.41, 5.74) is -0.585. The highest BCUT2D eigenvalue weighted by molar-refractivity contribution is 7.89. The van der Waals surface area contributed by atoms with Gasteiger partial charge in [0.05, 0.1) is 22.5 Å². The fraction of sp³-hybridized carbons (Fsp3) is 0.278. The van der Waals surface area contributed by atoms with E-state index in [9.17, 15) is 26.4 Å². The first-order chi connectivity index (χ1) is 12.9. The fourth-order valence-electron chi connectivity index (χ4n) is 2.37. The van der Waals surface area contributed by atoms with E-state index in [0.29, 0.717) is 5.02 Å². The number of carbonyl (C=O) groups excluding carboxylic acids is 1. The number of benzene rings is 2. The SMILES string of the molecule is CC(NS(=O)(=O)c1ccc(Cl)cc1)C(=O)NC(C)c1cccc(C(F)(F)F)c1. The third-order valence-electron chi connectivity index (χ3n) is 3.92. The number of nitrogens with one attached hydrogen (secondary N) is 2. The van der Waals surface area contributed by atoms with Gasteiger partial charge in [-0.25, -0.2) is 8.42 Å². The number of halogens is 4. The molecule has 0 aliphatic heterocycles. The van der Waals surface area contributed by atoms with Crippen LogP contribution in [0.3, 0.4) is 0 Å². The molecule has 0 fully saturated rings. The van der Waals surface area contributed by atoms with Crippen molar-refractivity contribution in [3.8, 4) is 0 Å². The Hall–Kier alpha value is -2.10. The van der Waals surface area contributed by atoms with Crippen molar-refractivity contribution in [1.82, 2.24) is 10.0 Å². The highest BCUT2D eigenvalue weighted by Crippen LogP contribution is 2.30. The molecule has 0 heterocycles. The second-order valence-corrected chi connectivity index (χ2v) is 8.30. The van der Waals surface area contributed by atoms with Gasteiger partial charge in [0, 0.05) is 5.02 Å². The molecule has 0 aromatic heterocycles. The highest BCUT2D eigenvalue weighted by atomic mass is 35.5. The second kappa shape index (κ2) is 8.50. The molecule has 152 valence electrons. The van der Waals surface area contributed by atoms with E-state index in [-0.39, 0.29) is 10.5 Å². The summed E-state index contributed by atoms with van der Waals surface area (Å²) in [5, 5.41) is 2.86. The minimum Gasteiger partial charge on any atom is -0.348 e. The molecule has 2 aromatic rings. The van der Waals surface area contributed by atoms with Crippen molar-refractivity contribution >= 4 is 27.5 Å². The minimum absolute atomic E-state index is 0.0672. The lowest BCUT2D eigenvalue weighted by Crippen LogP contribution is -2.45. The average molecular weight is 435 g/mol. The predicted molar refractivity (Wildman–Crippen MR) is 99.2 cm³/mol. The van der Waals surface area contributed by atoms with Crippen LogP contribution in [0.4, 0.5) is 13.2 Å². The molecular weight excluding hydrogens is 417 g/mol. The van der Waals surface area contributed by atoms with E-state index in [2.05, 4.69) is 10.0 Å². The summed E-state index contributed by atoms with van der Waals surface area (Å²) < 4.78 is 65.3. The number of sulfonamides is 1. The van der Waals surface area contributed by atoms with Gasteiger partial charge in [-0.1, -0.05) is 23.7 Å². The average Bonchev–Trinajstić information content (AvgIpc) is 2.61. The van der Waals surface area contributed by atoms with Gasteiger partial charge in [-0.2, -0.15) is 17.9 Å². The van der Waals surface area contributed by atoms with Crippen LogP contribution in [0.25, 0.3) is 0 Å². The van der Waals surface area contributed by atoms with E-state index < -0.39 is 39.8 Å². The standard InChI is InChI=1S/C18H18ClF3N2O3S/c1-11(13-4-3-5-14(10-13)18(20,21)22)23-17(25)12(2)24-28(26,27)16-8-6-15(19)7-9-16/h3-12,24H,1-2H3,(H,23,25). The summed E-state index contributed by atoms with van der Waals surface area (Å²) in [5.74, 6) is -0.678. The summed E-state index contributed by atoms with van der Waals surface area (Å²) in [6, 6.07) is 8.05. The molecule has 0 saturated carbocycles. The fourth-order valence-corrected chi connectivity index (χ4v) is 3.70. The van der Waals surface area contributed by atoms with Crippen molar-refractivity contribution in [3.05, 3.63) is 64.7 Å². The molecule has 1 amide bonds. The van der Waals surface area contributed by atoms with Gasteiger partial charge in [-0.05, 0) is 55.8 Å². The summed E-state index contributed by atoms with van der Waals surface area (Å²) in [6.45, 7) is 2.84. The van der Waals surface area contributed by atoms with Crippen LogP contribution in [-0.4, -0.2) is 20.4 Å². The van der Waals surface area contributed by atoms with E-state index in [1.165, 1.54) is 50.2 Å². The van der Waals surface area contributed by atoms with Crippen molar-refractivity contribution in [2.24, 2.45) is 0 Å². The van der Waals surface area contributed by atoms with Crippen molar-refractivity contribution in [2.75, 3.05) is 0 Å². The molecule has 28 heavy (non-hydrogen) atoms. The minimum atomic E-state index is -4.50. The van der Waals surface area contributed by atoms with E-state index in [0.717, 1.165) is 12.1 Å². The molecule has 2 atom stereocenters. The van der Waals surface area contributed by atoms with Gasteiger partial charge in [0.25, 0.3) is 0 Å². The van der Waals surface area contributed by atoms with E-state index in [1.54, 1.807) is 0 Å².